The minimum absolute atomic E-state index is 0.751. The first kappa shape index (κ1) is 12.8. The molecule has 0 spiro atoms. The molecular weight excluding hydrogens is 272 g/mol. The van der Waals surface area contributed by atoms with Crippen LogP contribution in [-0.4, -0.2) is 7.05 Å². The number of thiophene rings is 1. The number of nitrogens with zero attached hydrogens (tertiary/aromatic N) is 1. The first-order valence-corrected chi connectivity index (χ1v) is 7.35. The molecule has 0 amide bonds. The highest BCUT2D eigenvalue weighted by Gasteiger charge is 2.10. The molecule has 2 aromatic rings. The van der Waals surface area contributed by atoms with Gasteiger partial charge < -0.3 is 5.01 Å². The molecule has 17 heavy (non-hydrogen) atoms. The predicted molar refractivity (Wildman–Crippen MR) is 77.9 cm³/mol. The fraction of sp³-hybridized carbons (Fsp3) is 0.167. The van der Waals surface area contributed by atoms with Crippen LogP contribution in [0.1, 0.15) is 4.88 Å². The summed E-state index contributed by atoms with van der Waals surface area (Å²) in [5.74, 6) is 6.72. The Morgan fingerprint density at radius 2 is 2.18 bits per heavy atom. The highest BCUT2D eigenvalue weighted by molar-refractivity contribution is 7.99. The maximum absolute atomic E-state index is 6.21. The van der Waals surface area contributed by atoms with E-state index in [2.05, 4.69) is 17.5 Å². The SMILES string of the molecule is CN(N)c1cccc(Cl)c1SCc1cccs1. The lowest BCUT2D eigenvalue weighted by molar-refractivity contribution is 0.996. The van der Waals surface area contributed by atoms with E-state index in [9.17, 15) is 0 Å². The Bertz CT molecular complexity index is 483. The summed E-state index contributed by atoms with van der Waals surface area (Å²) in [6.45, 7) is 0. The second-order valence-corrected chi connectivity index (χ2v) is 5.99. The van der Waals surface area contributed by atoms with Gasteiger partial charge in [-0.05, 0) is 23.6 Å². The molecule has 0 unspecified atom stereocenters. The zero-order valence-corrected chi connectivity index (χ0v) is 11.8. The van der Waals surface area contributed by atoms with Crippen molar-refractivity contribution in [2.75, 3.05) is 12.1 Å². The van der Waals surface area contributed by atoms with Gasteiger partial charge in [0.2, 0.25) is 0 Å². The van der Waals surface area contributed by atoms with Crippen molar-refractivity contribution >= 4 is 40.4 Å². The maximum Gasteiger partial charge on any atom is 0.0664 e. The van der Waals surface area contributed by atoms with Gasteiger partial charge in [0.15, 0.2) is 0 Å². The average Bonchev–Trinajstić information content (AvgIpc) is 2.80. The van der Waals surface area contributed by atoms with Gasteiger partial charge in [0.25, 0.3) is 0 Å². The van der Waals surface area contributed by atoms with Gasteiger partial charge in [0.1, 0.15) is 0 Å². The molecule has 2 N–H and O–H groups in total. The molecule has 90 valence electrons. The highest BCUT2D eigenvalue weighted by atomic mass is 35.5. The number of rotatable bonds is 4. The van der Waals surface area contributed by atoms with Crippen LogP contribution >= 0.6 is 34.7 Å². The summed E-state index contributed by atoms with van der Waals surface area (Å²) in [5, 5.41) is 4.43. The molecule has 0 radical (unpaired) electrons. The zero-order valence-electron chi connectivity index (χ0n) is 9.39. The van der Waals surface area contributed by atoms with Crippen molar-refractivity contribution in [1.29, 1.82) is 0 Å². The predicted octanol–water partition coefficient (Wildman–Crippen LogP) is 4.00. The van der Waals surface area contributed by atoms with Crippen molar-refractivity contribution in [3.63, 3.8) is 0 Å². The molecule has 0 aliphatic carbocycles. The molecule has 2 rings (SSSR count). The maximum atomic E-state index is 6.21. The molecule has 5 heteroatoms. The summed E-state index contributed by atoms with van der Waals surface area (Å²) in [7, 11) is 1.82. The lowest BCUT2D eigenvalue weighted by Gasteiger charge is -2.17. The van der Waals surface area contributed by atoms with E-state index < -0.39 is 0 Å². The van der Waals surface area contributed by atoms with Crippen LogP contribution in [0.3, 0.4) is 0 Å². The summed E-state index contributed by atoms with van der Waals surface area (Å²) < 4.78 is 0. The quantitative estimate of drug-likeness (QED) is 0.523. The molecule has 0 aliphatic heterocycles. The summed E-state index contributed by atoms with van der Waals surface area (Å²) in [5.41, 5.74) is 0.957. The van der Waals surface area contributed by atoms with E-state index in [1.54, 1.807) is 28.1 Å². The Morgan fingerprint density at radius 3 is 2.82 bits per heavy atom. The molecule has 0 saturated carbocycles. The summed E-state index contributed by atoms with van der Waals surface area (Å²) >= 11 is 9.68. The normalized spacial score (nSPS) is 10.5. The molecular formula is C12H13ClN2S2. The second kappa shape index (κ2) is 5.78. The number of hydrazine groups is 1. The molecule has 0 atom stereocenters. The average molecular weight is 285 g/mol. The molecule has 0 bridgehead atoms. The molecule has 0 fully saturated rings. The fourth-order valence-electron chi connectivity index (χ4n) is 1.46. The highest BCUT2D eigenvalue weighted by Crippen LogP contribution is 2.37. The third kappa shape index (κ3) is 3.16. The van der Waals surface area contributed by atoms with Crippen molar-refractivity contribution in [3.8, 4) is 0 Å². The summed E-state index contributed by atoms with van der Waals surface area (Å²) in [4.78, 5) is 2.37. The van der Waals surface area contributed by atoms with E-state index >= 15 is 0 Å². The number of hydrogen-bond acceptors (Lipinski definition) is 4. The molecule has 0 saturated heterocycles. The first-order valence-electron chi connectivity index (χ1n) is 5.10. The first-order chi connectivity index (χ1) is 8.18. The minimum atomic E-state index is 0.751. The topological polar surface area (TPSA) is 29.3 Å². The lowest BCUT2D eigenvalue weighted by Crippen LogP contribution is -2.25. The number of thioether (sulfide) groups is 1. The summed E-state index contributed by atoms with van der Waals surface area (Å²) in [6.07, 6.45) is 0. The number of hydrogen-bond donors (Lipinski definition) is 1. The van der Waals surface area contributed by atoms with E-state index in [-0.39, 0.29) is 0 Å². The third-order valence-electron chi connectivity index (χ3n) is 2.27. The van der Waals surface area contributed by atoms with E-state index in [1.807, 2.05) is 25.2 Å². The van der Waals surface area contributed by atoms with Gasteiger partial charge in [0.05, 0.1) is 15.6 Å². The van der Waals surface area contributed by atoms with Crippen LogP contribution in [0.15, 0.2) is 40.6 Å². The summed E-state index contributed by atoms with van der Waals surface area (Å²) in [6, 6.07) is 9.97. The van der Waals surface area contributed by atoms with Crippen LogP contribution in [0.4, 0.5) is 5.69 Å². The largest absolute Gasteiger partial charge is 0.313 e. The number of benzene rings is 1. The Morgan fingerprint density at radius 1 is 1.35 bits per heavy atom. The van der Waals surface area contributed by atoms with Crippen molar-refractivity contribution in [1.82, 2.24) is 0 Å². The van der Waals surface area contributed by atoms with Gasteiger partial charge in [-0.3, -0.25) is 0 Å². The van der Waals surface area contributed by atoms with E-state index in [4.69, 9.17) is 17.4 Å². The van der Waals surface area contributed by atoms with Crippen LogP contribution in [0, 0.1) is 0 Å². The Hall–Kier alpha value is -0.680. The van der Waals surface area contributed by atoms with E-state index in [0.29, 0.717) is 0 Å². The standard InChI is InChI=1S/C12H13ClN2S2/c1-15(14)11-6-2-5-10(13)12(11)17-8-9-4-3-7-16-9/h2-7H,8,14H2,1H3. The van der Waals surface area contributed by atoms with Crippen LogP contribution in [0.2, 0.25) is 5.02 Å². The minimum Gasteiger partial charge on any atom is -0.313 e. The number of anilines is 1. The van der Waals surface area contributed by atoms with Crippen molar-refractivity contribution in [2.45, 2.75) is 10.6 Å². The fourth-order valence-corrected chi connectivity index (χ4v) is 3.68. The number of nitrogens with two attached hydrogens (primary N) is 1. The second-order valence-electron chi connectivity index (χ2n) is 3.57. The van der Waals surface area contributed by atoms with Gasteiger partial charge in [-0.15, -0.1) is 23.1 Å². The van der Waals surface area contributed by atoms with Gasteiger partial charge in [0, 0.05) is 17.7 Å². The lowest BCUT2D eigenvalue weighted by atomic mass is 10.3. The smallest absolute Gasteiger partial charge is 0.0664 e. The third-order valence-corrected chi connectivity index (χ3v) is 4.92. The zero-order chi connectivity index (χ0) is 12.3. The van der Waals surface area contributed by atoms with Crippen molar-refractivity contribution in [2.24, 2.45) is 5.84 Å². The van der Waals surface area contributed by atoms with Gasteiger partial charge in [-0.25, -0.2) is 5.84 Å². The Kier molecular flexibility index (Phi) is 4.34. The van der Waals surface area contributed by atoms with Gasteiger partial charge >= 0.3 is 0 Å². The Balaban J connectivity index is 2.19. The van der Waals surface area contributed by atoms with Crippen LogP contribution < -0.4 is 10.9 Å². The van der Waals surface area contributed by atoms with Crippen molar-refractivity contribution < 1.29 is 0 Å². The van der Waals surface area contributed by atoms with E-state index in [0.717, 1.165) is 21.4 Å². The van der Waals surface area contributed by atoms with Crippen LogP contribution in [0.5, 0.6) is 0 Å². The van der Waals surface area contributed by atoms with E-state index in [1.165, 1.54) is 4.88 Å². The van der Waals surface area contributed by atoms with Crippen molar-refractivity contribution in [3.05, 3.63) is 45.6 Å². The monoisotopic (exact) mass is 284 g/mol. The number of halogens is 1. The molecule has 1 aromatic heterocycles. The molecule has 2 nitrogen and oxygen atoms in total. The van der Waals surface area contributed by atoms with Crippen LogP contribution in [0.25, 0.3) is 0 Å². The molecule has 1 heterocycles. The molecule has 1 aromatic carbocycles. The van der Waals surface area contributed by atoms with Gasteiger partial charge in [-0.2, -0.15) is 0 Å². The van der Waals surface area contributed by atoms with Crippen LogP contribution in [-0.2, 0) is 5.75 Å². The molecule has 0 aliphatic rings. The van der Waals surface area contributed by atoms with Gasteiger partial charge in [-0.1, -0.05) is 23.7 Å². The Labute approximate surface area is 114 Å².